The Hall–Kier alpha value is -1.92. The third-order valence-corrected chi connectivity index (χ3v) is 1.05. The van der Waals surface area contributed by atoms with Gasteiger partial charge in [0.1, 0.15) is 19.0 Å². The average Bonchev–Trinajstić information content (AvgIpc) is 2.60. The van der Waals surface area contributed by atoms with Crippen molar-refractivity contribution < 1.29 is 0 Å². The van der Waals surface area contributed by atoms with Gasteiger partial charge in [-0.25, -0.2) is 10.4 Å². The molecule has 2 aromatic rings. The summed E-state index contributed by atoms with van der Waals surface area (Å²) in [5, 5.41) is 10.1. The summed E-state index contributed by atoms with van der Waals surface area (Å²) in [7, 11) is 0. The number of aromatic amines is 1. The van der Waals surface area contributed by atoms with Crippen molar-refractivity contribution in [3.8, 4) is 0 Å². The zero-order chi connectivity index (χ0) is 7.52. The Kier molecular flexibility index (Phi) is 1.26. The van der Waals surface area contributed by atoms with E-state index in [0.717, 1.165) is 0 Å². The normalized spacial score (nSPS) is 9.82. The van der Waals surface area contributed by atoms with Gasteiger partial charge in [-0.1, -0.05) is 0 Å². The van der Waals surface area contributed by atoms with Crippen molar-refractivity contribution in [2.45, 2.75) is 0 Å². The molecule has 0 amide bonds. The lowest BCUT2D eigenvalue weighted by atomic mass is 11.1. The van der Waals surface area contributed by atoms with Crippen LogP contribution in [-0.4, -0.2) is 30.1 Å². The molecule has 0 unspecified atom stereocenters. The van der Waals surface area contributed by atoms with Gasteiger partial charge < -0.3 is 0 Å². The fourth-order valence-electron chi connectivity index (χ4n) is 0.631. The highest BCUT2D eigenvalue weighted by Crippen LogP contribution is 1.90. The van der Waals surface area contributed by atoms with Crippen LogP contribution in [0.5, 0.6) is 0 Å². The minimum Gasteiger partial charge on any atom is -0.264 e. The number of hydrogen-bond donors (Lipinski definition) is 2. The van der Waals surface area contributed by atoms with Crippen LogP contribution in [0.3, 0.4) is 0 Å². The van der Waals surface area contributed by atoms with E-state index in [-0.39, 0.29) is 0 Å². The maximum atomic E-state index is 3.82. The van der Waals surface area contributed by atoms with Crippen LogP contribution < -0.4 is 5.43 Å². The molecule has 0 saturated heterocycles. The van der Waals surface area contributed by atoms with E-state index in [0.29, 0.717) is 5.95 Å². The first-order chi connectivity index (χ1) is 5.45. The van der Waals surface area contributed by atoms with Gasteiger partial charge in [-0.3, -0.25) is 5.10 Å². The zero-order valence-electron chi connectivity index (χ0n) is 5.47. The molecule has 0 aliphatic carbocycles. The molecule has 0 atom stereocenters. The van der Waals surface area contributed by atoms with Crippen LogP contribution in [0.2, 0.25) is 0 Å². The number of H-pyrrole nitrogens is 1. The summed E-state index contributed by atoms with van der Waals surface area (Å²) >= 11 is 0. The Bertz CT molecular complexity index is 263. The first kappa shape index (κ1) is 5.83. The Morgan fingerprint density at radius 3 is 3.18 bits per heavy atom. The van der Waals surface area contributed by atoms with E-state index < -0.39 is 0 Å². The second-order valence-corrected chi connectivity index (χ2v) is 1.77. The molecule has 0 aliphatic rings. The third kappa shape index (κ3) is 1.16. The van der Waals surface area contributed by atoms with E-state index in [9.17, 15) is 0 Å². The van der Waals surface area contributed by atoms with Crippen molar-refractivity contribution >= 4 is 5.95 Å². The first-order valence-corrected chi connectivity index (χ1v) is 2.92. The number of nitrogens with one attached hydrogen (secondary N) is 2. The van der Waals surface area contributed by atoms with Crippen molar-refractivity contribution in [1.29, 1.82) is 0 Å². The van der Waals surface area contributed by atoms with Crippen molar-refractivity contribution in [1.82, 2.24) is 30.1 Å². The minimum absolute atomic E-state index is 0.454. The molecule has 0 aliphatic heterocycles. The molecule has 0 aromatic carbocycles. The second-order valence-electron chi connectivity index (χ2n) is 1.77. The van der Waals surface area contributed by atoms with Crippen LogP contribution in [0, 0.1) is 0 Å². The maximum absolute atomic E-state index is 3.82. The summed E-state index contributed by atoms with van der Waals surface area (Å²) < 4.78 is 0. The lowest BCUT2D eigenvalue weighted by Crippen LogP contribution is -2.10. The Labute approximate surface area is 61.5 Å². The highest BCUT2D eigenvalue weighted by atomic mass is 15.6. The highest BCUT2D eigenvalue weighted by molar-refractivity contribution is 5.18. The third-order valence-electron chi connectivity index (χ3n) is 1.05. The quantitative estimate of drug-likeness (QED) is 0.591. The largest absolute Gasteiger partial charge is 0.264 e. The number of anilines is 1. The van der Waals surface area contributed by atoms with Crippen molar-refractivity contribution in [3.05, 3.63) is 19.0 Å². The zero-order valence-corrected chi connectivity index (χ0v) is 5.47. The summed E-state index contributed by atoms with van der Waals surface area (Å²) in [4.78, 5) is 8.96. The molecule has 2 rings (SSSR count). The van der Waals surface area contributed by atoms with E-state index in [2.05, 4.69) is 30.7 Å². The Balaban J connectivity index is 2.14. The van der Waals surface area contributed by atoms with Crippen LogP contribution in [0.4, 0.5) is 5.95 Å². The number of nitrogens with zero attached hydrogens (tertiary/aromatic N) is 5. The second kappa shape index (κ2) is 2.37. The van der Waals surface area contributed by atoms with Crippen LogP contribution in [0.15, 0.2) is 19.0 Å². The molecule has 7 nitrogen and oxygen atoms in total. The highest BCUT2D eigenvalue weighted by Gasteiger charge is 1.94. The summed E-state index contributed by atoms with van der Waals surface area (Å²) in [5.74, 6) is 0.454. The van der Waals surface area contributed by atoms with Gasteiger partial charge in [0.2, 0.25) is 0 Å². The number of aromatic nitrogens is 6. The van der Waals surface area contributed by atoms with Crippen molar-refractivity contribution in [2.24, 2.45) is 0 Å². The standard InChI is InChI=1S/C4H5N7/c1-5-3-11(8-1)10-4-6-2-7-9-4/h1-3H,(H2,6,7,9,10). The van der Waals surface area contributed by atoms with Crippen LogP contribution >= 0.6 is 0 Å². The lowest BCUT2D eigenvalue weighted by molar-refractivity contribution is 0.786. The fourth-order valence-corrected chi connectivity index (χ4v) is 0.631. The van der Waals surface area contributed by atoms with Crippen LogP contribution in [0.1, 0.15) is 0 Å². The topological polar surface area (TPSA) is 84.3 Å². The Morgan fingerprint density at radius 2 is 2.55 bits per heavy atom. The van der Waals surface area contributed by atoms with Crippen molar-refractivity contribution in [3.63, 3.8) is 0 Å². The van der Waals surface area contributed by atoms with Gasteiger partial charge in [-0.15, -0.1) is 10.2 Å². The van der Waals surface area contributed by atoms with Crippen LogP contribution in [0.25, 0.3) is 0 Å². The summed E-state index contributed by atoms with van der Waals surface area (Å²) in [6.07, 6.45) is 4.40. The molecule has 56 valence electrons. The van der Waals surface area contributed by atoms with E-state index in [1.54, 1.807) is 0 Å². The smallest absolute Gasteiger partial charge is 0.262 e. The van der Waals surface area contributed by atoms with E-state index in [1.807, 2.05) is 0 Å². The maximum Gasteiger partial charge on any atom is 0.262 e. The average molecular weight is 151 g/mol. The molecule has 2 N–H and O–H groups in total. The molecule has 11 heavy (non-hydrogen) atoms. The van der Waals surface area contributed by atoms with Gasteiger partial charge in [0.25, 0.3) is 5.95 Å². The summed E-state index contributed by atoms with van der Waals surface area (Å²) in [6, 6.07) is 0. The summed E-state index contributed by atoms with van der Waals surface area (Å²) in [6.45, 7) is 0. The van der Waals surface area contributed by atoms with Crippen molar-refractivity contribution in [2.75, 3.05) is 5.43 Å². The van der Waals surface area contributed by atoms with Gasteiger partial charge in [-0.2, -0.15) is 9.77 Å². The molecule has 7 heteroatoms. The minimum atomic E-state index is 0.454. The SMILES string of the molecule is c1ncn(Nc2nc[nH]n2)n1. The van der Waals surface area contributed by atoms with Gasteiger partial charge in [0, 0.05) is 0 Å². The van der Waals surface area contributed by atoms with Gasteiger partial charge >= 0.3 is 0 Å². The molecule has 2 aromatic heterocycles. The number of rotatable bonds is 2. The lowest BCUT2D eigenvalue weighted by Gasteiger charge is -1.96. The fraction of sp³-hybridized carbons (Fsp3) is 0. The van der Waals surface area contributed by atoms with Gasteiger partial charge in [-0.05, 0) is 0 Å². The Morgan fingerprint density at radius 1 is 1.55 bits per heavy atom. The summed E-state index contributed by atoms with van der Waals surface area (Å²) in [5.41, 5.74) is 2.75. The molecule has 0 saturated carbocycles. The van der Waals surface area contributed by atoms with Gasteiger partial charge in [0.15, 0.2) is 0 Å². The van der Waals surface area contributed by atoms with E-state index >= 15 is 0 Å². The molecule has 2 heterocycles. The van der Waals surface area contributed by atoms with Gasteiger partial charge in [0.05, 0.1) is 0 Å². The molecular weight excluding hydrogens is 146 g/mol. The monoisotopic (exact) mass is 151 g/mol. The molecular formula is C4H5N7. The number of hydrogen-bond acceptors (Lipinski definition) is 5. The molecule has 0 fully saturated rings. The molecule has 0 spiro atoms. The molecule has 0 bridgehead atoms. The predicted octanol–water partition coefficient (Wildman–Crippen LogP) is -0.729. The molecule has 0 radical (unpaired) electrons. The predicted molar refractivity (Wildman–Crippen MR) is 35.4 cm³/mol. The van der Waals surface area contributed by atoms with E-state index in [4.69, 9.17) is 0 Å². The first-order valence-electron chi connectivity index (χ1n) is 2.92. The van der Waals surface area contributed by atoms with E-state index in [1.165, 1.54) is 23.8 Å². The van der Waals surface area contributed by atoms with Crippen LogP contribution in [-0.2, 0) is 0 Å².